The number of rotatable bonds is 6. The van der Waals surface area contributed by atoms with Crippen molar-refractivity contribution in [3.8, 4) is 0 Å². The Hall–Kier alpha value is -0.960. The fourth-order valence-corrected chi connectivity index (χ4v) is 5.63. The molecule has 2 atom stereocenters. The number of halogens is 1. The summed E-state index contributed by atoms with van der Waals surface area (Å²) in [6.45, 7) is 5.76. The molecule has 8 heteroatoms. The summed E-state index contributed by atoms with van der Waals surface area (Å²) in [6, 6.07) is 10.1. The van der Waals surface area contributed by atoms with E-state index in [0.29, 0.717) is 5.02 Å². The van der Waals surface area contributed by atoms with Crippen molar-refractivity contribution >= 4 is 33.0 Å². The molecule has 0 unspecified atom stereocenters. The summed E-state index contributed by atoms with van der Waals surface area (Å²) in [6.07, 6.45) is 0. The zero-order chi connectivity index (χ0) is 18.7. The van der Waals surface area contributed by atoms with Crippen LogP contribution in [0, 0.1) is 0 Å². The second-order valence-electron chi connectivity index (χ2n) is 6.66. The van der Waals surface area contributed by atoms with Crippen LogP contribution in [0.25, 0.3) is 0 Å². The van der Waals surface area contributed by atoms with E-state index in [0.717, 1.165) is 26.2 Å². The molecule has 1 saturated heterocycles. The molecule has 3 rings (SSSR count). The van der Waals surface area contributed by atoms with Crippen LogP contribution < -0.4 is 4.72 Å². The molecule has 1 fully saturated rings. The summed E-state index contributed by atoms with van der Waals surface area (Å²) in [4.78, 5) is 6.09. The minimum Gasteiger partial charge on any atom is -0.304 e. The number of piperazine rings is 1. The fourth-order valence-electron chi connectivity index (χ4n) is 3.29. The summed E-state index contributed by atoms with van der Waals surface area (Å²) in [7, 11) is -1.49. The number of hydrogen-bond acceptors (Lipinski definition) is 5. The Morgan fingerprint density at radius 1 is 1.12 bits per heavy atom. The molecule has 0 amide bonds. The Kier molecular flexibility index (Phi) is 6.37. The van der Waals surface area contributed by atoms with Gasteiger partial charge in [0.2, 0.25) is 10.0 Å². The lowest BCUT2D eigenvalue weighted by Crippen LogP contribution is -2.51. The van der Waals surface area contributed by atoms with Gasteiger partial charge < -0.3 is 4.90 Å². The van der Waals surface area contributed by atoms with Crippen LogP contribution >= 0.6 is 22.9 Å². The predicted octanol–water partition coefficient (Wildman–Crippen LogP) is 3.06. The third-order valence-corrected chi connectivity index (χ3v) is 7.47. The average molecular weight is 414 g/mol. The van der Waals surface area contributed by atoms with Gasteiger partial charge in [0, 0.05) is 42.1 Å². The minimum absolute atomic E-state index is 0.0192. The van der Waals surface area contributed by atoms with E-state index in [2.05, 4.69) is 27.6 Å². The van der Waals surface area contributed by atoms with Crippen molar-refractivity contribution in [1.29, 1.82) is 0 Å². The average Bonchev–Trinajstić information content (AvgIpc) is 3.11. The third-order valence-electron chi connectivity index (χ3n) is 4.70. The highest BCUT2D eigenvalue weighted by Gasteiger charge is 2.31. The molecular weight excluding hydrogens is 390 g/mol. The van der Waals surface area contributed by atoms with Crippen molar-refractivity contribution in [2.75, 3.05) is 33.2 Å². The van der Waals surface area contributed by atoms with Gasteiger partial charge in [-0.3, -0.25) is 4.90 Å². The monoisotopic (exact) mass is 413 g/mol. The lowest BCUT2D eigenvalue weighted by molar-refractivity contribution is 0.0994. The quantitative estimate of drug-likeness (QED) is 0.790. The van der Waals surface area contributed by atoms with E-state index < -0.39 is 10.0 Å². The molecule has 1 aliphatic rings. The standard InChI is InChI=1S/C18H24ClN3O2S2/c1-14(20-26(23,24)16-7-5-15(19)6-8-16)18(17-4-3-13-25-17)22-11-9-21(2)10-12-22/h3-8,13-14,18,20H,9-12H2,1-2H3/t14-,18-/m0/s1. The minimum atomic E-state index is -3.60. The van der Waals surface area contributed by atoms with Gasteiger partial charge in [0.25, 0.3) is 0 Å². The van der Waals surface area contributed by atoms with E-state index in [-0.39, 0.29) is 17.0 Å². The summed E-state index contributed by atoms with van der Waals surface area (Å²) in [5, 5.41) is 2.56. The van der Waals surface area contributed by atoms with Crippen LogP contribution in [0.15, 0.2) is 46.7 Å². The van der Waals surface area contributed by atoms with E-state index in [4.69, 9.17) is 11.6 Å². The molecule has 142 valence electrons. The SMILES string of the molecule is C[C@H](NS(=O)(=O)c1ccc(Cl)cc1)[C@@H](c1cccs1)N1CCN(C)CC1. The number of thiophene rings is 1. The molecule has 0 aliphatic carbocycles. The van der Waals surface area contributed by atoms with Crippen molar-refractivity contribution in [1.82, 2.24) is 14.5 Å². The third kappa shape index (κ3) is 4.65. The van der Waals surface area contributed by atoms with Crippen molar-refractivity contribution in [2.45, 2.75) is 23.9 Å². The number of nitrogens with one attached hydrogen (secondary N) is 1. The summed E-state index contributed by atoms with van der Waals surface area (Å²) in [5.74, 6) is 0. The maximum Gasteiger partial charge on any atom is 0.240 e. The smallest absolute Gasteiger partial charge is 0.240 e. The molecule has 1 aromatic heterocycles. The van der Waals surface area contributed by atoms with Gasteiger partial charge in [-0.15, -0.1) is 11.3 Å². The van der Waals surface area contributed by atoms with Crippen LogP contribution in [0.2, 0.25) is 5.02 Å². The predicted molar refractivity (Wildman–Crippen MR) is 107 cm³/mol. The molecule has 0 saturated carbocycles. The summed E-state index contributed by atoms with van der Waals surface area (Å²) in [5.41, 5.74) is 0. The Morgan fingerprint density at radius 3 is 2.35 bits per heavy atom. The highest BCUT2D eigenvalue weighted by atomic mass is 35.5. The maximum absolute atomic E-state index is 12.8. The Labute approximate surface area is 164 Å². The lowest BCUT2D eigenvalue weighted by Gasteiger charge is -2.40. The molecule has 0 radical (unpaired) electrons. The van der Waals surface area contributed by atoms with Crippen LogP contribution in [-0.2, 0) is 10.0 Å². The zero-order valence-corrected chi connectivity index (χ0v) is 17.3. The van der Waals surface area contributed by atoms with E-state index in [1.165, 1.54) is 17.0 Å². The number of nitrogens with zero attached hydrogens (tertiary/aromatic N) is 2. The molecule has 5 nitrogen and oxygen atoms in total. The van der Waals surface area contributed by atoms with Gasteiger partial charge in [-0.05, 0) is 49.7 Å². The van der Waals surface area contributed by atoms with Crippen LogP contribution in [0.3, 0.4) is 0 Å². The summed E-state index contributed by atoms with van der Waals surface area (Å²) >= 11 is 7.54. The largest absolute Gasteiger partial charge is 0.304 e. The number of sulfonamides is 1. The van der Waals surface area contributed by atoms with E-state index in [9.17, 15) is 8.42 Å². The molecule has 26 heavy (non-hydrogen) atoms. The van der Waals surface area contributed by atoms with Crippen molar-refractivity contribution < 1.29 is 8.42 Å². The van der Waals surface area contributed by atoms with E-state index >= 15 is 0 Å². The van der Waals surface area contributed by atoms with Crippen molar-refractivity contribution in [3.63, 3.8) is 0 Å². The number of likely N-dealkylation sites (N-methyl/N-ethyl adjacent to an activating group) is 1. The fraction of sp³-hybridized carbons (Fsp3) is 0.444. The highest BCUT2D eigenvalue weighted by Crippen LogP contribution is 2.30. The molecule has 1 aliphatic heterocycles. The number of benzene rings is 1. The van der Waals surface area contributed by atoms with Gasteiger partial charge in [0.15, 0.2) is 0 Å². The Morgan fingerprint density at radius 2 is 1.77 bits per heavy atom. The van der Waals surface area contributed by atoms with Gasteiger partial charge >= 0.3 is 0 Å². The van der Waals surface area contributed by atoms with Gasteiger partial charge in [-0.25, -0.2) is 13.1 Å². The lowest BCUT2D eigenvalue weighted by atomic mass is 10.1. The molecular formula is C18H24ClN3O2S2. The van der Waals surface area contributed by atoms with Crippen LogP contribution in [0.1, 0.15) is 17.8 Å². The first-order chi connectivity index (χ1) is 12.4. The normalized spacial score (nSPS) is 19.3. The molecule has 1 N–H and O–H groups in total. The van der Waals surface area contributed by atoms with Gasteiger partial charge in [0.1, 0.15) is 0 Å². The molecule has 1 aromatic carbocycles. The van der Waals surface area contributed by atoms with Gasteiger partial charge in [-0.1, -0.05) is 17.7 Å². The maximum atomic E-state index is 12.8. The molecule has 2 heterocycles. The first kappa shape index (κ1) is 19.8. The van der Waals surface area contributed by atoms with Gasteiger partial charge in [-0.2, -0.15) is 0 Å². The second-order valence-corrected chi connectivity index (χ2v) is 9.79. The highest BCUT2D eigenvalue weighted by molar-refractivity contribution is 7.89. The van der Waals surface area contributed by atoms with Crippen LogP contribution in [-0.4, -0.2) is 57.5 Å². The second kappa shape index (κ2) is 8.37. The summed E-state index contributed by atoms with van der Waals surface area (Å²) < 4.78 is 28.4. The van der Waals surface area contributed by atoms with Crippen LogP contribution in [0.5, 0.6) is 0 Å². The molecule has 0 spiro atoms. The molecule has 2 aromatic rings. The first-order valence-corrected chi connectivity index (χ1v) is 11.3. The van der Waals surface area contributed by atoms with Crippen molar-refractivity contribution in [2.24, 2.45) is 0 Å². The number of hydrogen-bond donors (Lipinski definition) is 1. The zero-order valence-electron chi connectivity index (χ0n) is 14.9. The molecule has 0 bridgehead atoms. The van der Waals surface area contributed by atoms with E-state index in [1.807, 2.05) is 18.4 Å². The topological polar surface area (TPSA) is 52.7 Å². The first-order valence-electron chi connectivity index (χ1n) is 8.61. The Bertz CT molecular complexity index is 801. The van der Waals surface area contributed by atoms with Crippen LogP contribution in [0.4, 0.5) is 0 Å². The Balaban J connectivity index is 1.81. The van der Waals surface area contributed by atoms with E-state index in [1.54, 1.807) is 23.5 Å². The van der Waals surface area contributed by atoms with Gasteiger partial charge in [0.05, 0.1) is 10.9 Å². The van der Waals surface area contributed by atoms with Crippen molar-refractivity contribution in [3.05, 3.63) is 51.7 Å².